The Balaban J connectivity index is 2.28. The van der Waals surface area contributed by atoms with Gasteiger partial charge in [-0.2, -0.15) is 0 Å². The van der Waals surface area contributed by atoms with E-state index in [2.05, 4.69) is 11.9 Å². The van der Waals surface area contributed by atoms with Crippen molar-refractivity contribution in [3.05, 3.63) is 46.9 Å². The van der Waals surface area contributed by atoms with Crippen LogP contribution in [0.1, 0.15) is 16.7 Å². The van der Waals surface area contributed by atoms with Crippen molar-refractivity contribution in [3.63, 3.8) is 0 Å². The van der Waals surface area contributed by atoms with Gasteiger partial charge in [-0.25, -0.2) is 4.39 Å². The molecule has 0 bridgehead atoms. The summed E-state index contributed by atoms with van der Waals surface area (Å²) in [5.41, 5.74) is 6.00. The molecule has 0 saturated carbocycles. The molecular formula is C13H12FN. The first kappa shape index (κ1) is 8.72. The van der Waals surface area contributed by atoms with Gasteiger partial charge in [-0.15, -0.1) is 0 Å². The summed E-state index contributed by atoms with van der Waals surface area (Å²) in [4.78, 5) is 3.24. The molecule has 76 valence electrons. The lowest BCUT2D eigenvalue weighted by Crippen LogP contribution is -2.03. The number of nitrogens with one attached hydrogen (secondary N) is 1. The van der Waals surface area contributed by atoms with Crippen LogP contribution in [0, 0.1) is 12.7 Å². The van der Waals surface area contributed by atoms with Gasteiger partial charge in [0.15, 0.2) is 0 Å². The van der Waals surface area contributed by atoms with Crippen LogP contribution in [0.2, 0.25) is 0 Å². The van der Waals surface area contributed by atoms with Gasteiger partial charge < -0.3 is 4.98 Å². The molecule has 0 atom stereocenters. The molecule has 2 heteroatoms. The summed E-state index contributed by atoms with van der Waals surface area (Å²) in [6.45, 7) is 2.10. The Morgan fingerprint density at radius 1 is 1.27 bits per heavy atom. The van der Waals surface area contributed by atoms with Crippen molar-refractivity contribution in [2.24, 2.45) is 0 Å². The zero-order valence-electron chi connectivity index (χ0n) is 8.60. The van der Waals surface area contributed by atoms with E-state index in [1.807, 2.05) is 12.3 Å². The number of benzene rings is 1. The highest BCUT2D eigenvalue weighted by Gasteiger charge is 2.19. The molecule has 1 aromatic heterocycles. The van der Waals surface area contributed by atoms with Crippen LogP contribution in [0.25, 0.3) is 11.3 Å². The second kappa shape index (κ2) is 2.96. The van der Waals surface area contributed by atoms with Crippen LogP contribution in [0.4, 0.5) is 4.39 Å². The van der Waals surface area contributed by atoms with Crippen molar-refractivity contribution in [2.75, 3.05) is 0 Å². The third-order valence-corrected chi connectivity index (χ3v) is 3.20. The Kier molecular flexibility index (Phi) is 1.72. The number of aryl methyl sites for hydroxylation is 2. The number of aromatic amines is 1. The molecule has 0 aliphatic heterocycles. The van der Waals surface area contributed by atoms with Gasteiger partial charge in [-0.05, 0) is 48.6 Å². The molecular weight excluding hydrogens is 189 g/mol. The molecule has 3 rings (SSSR count). The first-order chi connectivity index (χ1) is 7.25. The van der Waals surface area contributed by atoms with Crippen LogP contribution in [-0.4, -0.2) is 4.98 Å². The van der Waals surface area contributed by atoms with E-state index < -0.39 is 0 Å². The molecule has 1 N–H and O–H groups in total. The monoisotopic (exact) mass is 201 g/mol. The van der Waals surface area contributed by atoms with Gasteiger partial charge >= 0.3 is 0 Å². The number of H-pyrrole nitrogens is 1. The van der Waals surface area contributed by atoms with Gasteiger partial charge in [-0.1, -0.05) is 6.07 Å². The van der Waals surface area contributed by atoms with Crippen molar-refractivity contribution in [1.29, 1.82) is 0 Å². The quantitative estimate of drug-likeness (QED) is 0.673. The maximum atomic E-state index is 13.2. The average Bonchev–Trinajstić information content (AvgIpc) is 2.61. The fraction of sp³-hybridized carbons (Fsp3) is 0.231. The van der Waals surface area contributed by atoms with Crippen LogP contribution in [0.5, 0.6) is 0 Å². The smallest absolute Gasteiger partial charge is 0.123 e. The Hall–Kier alpha value is -1.57. The van der Waals surface area contributed by atoms with Gasteiger partial charge in [0.1, 0.15) is 5.82 Å². The largest absolute Gasteiger partial charge is 0.361 e. The predicted octanol–water partition coefficient (Wildman–Crippen LogP) is 3.23. The minimum absolute atomic E-state index is 0.158. The van der Waals surface area contributed by atoms with Crippen molar-refractivity contribution in [2.45, 2.75) is 19.8 Å². The Bertz CT molecular complexity index is 525. The van der Waals surface area contributed by atoms with Crippen LogP contribution < -0.4 is 0 Å². The van der Waals surface area contributed by atoms with Crippen LogP contribution in [-0.2, 0) is 12.8 Å². The molecule has 2 aromatic rings. The Labute approximate surface area is 88.0 Å². The molecule has 0 unspecified atom stereocenters. The molecule has 0 amide bonds. The lowest BCUT2D eigenvalue weighted by Gasteiger charge is -2.16. The number of aromatic nitrogens is 1. The highest BCUT2D eigenvalue weighted by Crippen LogP contribution is 2.34. The summed E-state index contributed by atoms with van der Waals surface area (Å²) in [6, 6.07) is 5.06. The maximum absolute atomic E-state index is 13.2. The molecule has 1 heterocycles. The van der Waals surface area contributed by atoms with Crippen molar-refractivity contribution < 1.29 is 4.39 Å². The summed E-state index contributed by atoms with van der Waals surface area (Å²) in [5.74, 6) is -0.158. The van der Waals surface area contributed by atoms with Gasteiger partial charge in [0, 0.05) is 17.5 Å². The van der Waals surface area contributed by atoms with Crippen LogP contribution in [0.3, 0.4) is 0 Å². The first-order valence-electron chi connectivity index (χ1n) is 5.21. The minimum atomic E-state index is -0.158. The van der Waals surface area contributed by atoms with Crippen LogP contribution in [0.15, 0.2) is 24.4 Å². The number of hydrogen-bond donors (Lipinski definition) is 1. The van der Waals surface area contributed by atoms with Gasteiger partial charge in [0.25, 0.3) is 0 Å². The Morgan fingerprint density at radius 3 is 3.00 bits per heavy atom. The molecule has 1 aromatic carbocycles. The van der Waals surface area contributed by atoms with Gasteiger partial charge in [0.2, 0.25) is 0 Å². The summed E-state index contributed by atoms with van der Waals surface area (Å²) in [5, 5.41) is 0. The molecule has 15 heavy (non-hydrogen) atoms. The molecule has 1 aliphatic carbocycles. The number of rotatable bonds is 0. The van der Waals surface area contributed by atoms with E-state index in [1.54, 1.807) is 12.1 Å². The highest BCUT2D eigenvalue weighted by molar-refractivity contribution is 5.71. The lowest BCUT2D eigenvalue weighted by atomic mass is 9.89. The maximum Gasteiger partial charge on any atom is 0.123 e. The second-order valence-corrected chi connectivity index (χ2v) is 4.13. The van der Waals surface area contributed by atoms with E-state index in [9.17, 15) is 4.39 Å². The van der Waals surface area contributed by atoms with E-state index in [1.165, 1.54) is 16.7 Å². The normalized spacial score (nSPS) is 13.5. The van der Waals surface area contributed by atoms with E-state index in [4.69, 9.17) is 0 Å². The van der Waals surface area contributed by atoms with Gasteiger partial charge in [0.05, 0.1) is 0 Å². The van der Waals surface area contributed by atoms with Crippen molar-refractivity contribution in [3.8, 4) is 11.3 Å². The summed E-state index contributed by atoms with van der Waals surface area (Å²) in [6.07, 6.45) is 4.08. The van der Waals surface area contributed by atoms with Crippen molar-refractivity contribution in [1.82, 2.24) is 4.98 Å². The van der Waals surface area contributed by atoms with Crippen molar-refractivity contribution >= 4 is 0 Å². The number of fused-ring (bicyclic) bond motifs is 3. The van der Waals surface area contributed by atoms with E-state index >= 15 is 0 Å². The number of hydrogen-bond acceptors (Lipinski definition) is 0. The zero-order chi connectivity index (χ0) is 10.4. The molecule has 1 nitrogen and oxygen atoms in total. The standard InChI is InChI=1S/C13H12FN/c1-8-7-15-13-11(8)5-3-9-2-4-10(14)6-12(9)13/h2,4,6-7,15H,3,5H2,1H3. The number of halogens is 1. The van der Waals surface area contributed by atoms with Gasteiger partial charge in [-0.3, -0.25) is 0 Å². The first-order valence-corrected chi connectivity index (χ1v) is 5.21. The summed E-state index contributed by atoms with van der Waals surface area (Å²) >= 11 is 0. The molecule has 1 aliphatic rings. The van der Waals surface area contributed by atoms with E-state index in [0.29, 0.717) is 0 Å². The average molecular weight is 201 g/mol. The van der Waals surface area contributed by atoms with E-state index in [-0.39, 0.29) is 5.82 Å². The third-order valence-electron chi connectivity index (χ3n) is 3.20. The molecule has 0 spiro atoms. The predicted molar refractivity (Wildman–Crippen MR) is 58.3 cm³/mol. The minimum Gasteiger partial charge on any atom is -0.361 e. The fourth-order valence-electron chi connectivity index (χ4n) is 2.37. The molecule has 0 fully saturated rings. The molecule has 0 radical (unpaired) electrons. The second-order valence-electron chi connectivity index (χ2n) is 4.13. The molecule has 0 saturated heterocycles. The topological polar surface area (TPSA) is 15.8 Å². The van der Waals surface area contributed by atoms with Crippen LogP contribution >= 0.6 is 0 Å². The summed E-state index contributed by atoms with van der Waals surface area (Å²) < 4.78 is 13.2. The third kappa shape index (κ3) is 1.21. The highest BCUT2D eigenvalue weighted by atomic mass is 19.1. The lowest BCUT2D eigenvalue weighted by molar-refractivity contribution is 0.627. The Morgan fingerprint density at radius 2 is 2.13 bits per heavy atom. The fourth-order valence-corrected chi connectivity index (χ4v) is 2.37. The summed E-state index contributed by atoms with van der Waals surface area (Å²) in [7, 11) is 0. The SMILES string of the molecule is Cc1c[nH]c2c1CCc1ccc(F)cc1-2. The van der Waals surface area contributed by atoms with E-state index in [0.717, 1.165) is 24.1 Å². The zero-order valence-corrected chi connectivity index (χ0v) is 8.60.